The molecule has 10 fully saturated rings. The molecule has 8 aliphatic carbocycles. The van der Waals surface area contributed by atoms with Crippen molar-refractivity contribution in [1.82, 2.24) is 10.6 Å². The second kappa shape index (κ2) is 12.3. The largest absolute Gasteiger partial charge is 0.316 e. The molecule has 10 aliphatic rings. The lowest BCUT2D eigenvalue weighted by Gasteiger charge is -2.62. The van der Waals surface area contributed by atoms with Gasteiger partial charge in [0.05, 0.1) is 0 Å². The van der Waals surface area contributed by atoms with Gasteiger partial charge in [-0.25, -0.2) is 0 Å². The zero-order valence-corrected chi connectivity index (χ0v) is 31.7. The van der Waals surface area contributed by atoms with Crippen LogP contribution in [0.25, 0.3) is 0 Å². The first kappa shape index (κ1) is 31.9. The highest BCUT2D eigenvalue weighted by atomic mass is 31.1. The van der Waals surface area contributed by atoms with E-state index in [0.717, 1.165) is 58.7 Å². The van der Waals surface area contributed by atoms with Crippen LogP contribution in [0.3, 0.4) is 0 Å². The quantitative estimate of drug-likeness (QED) is 0.285. The van der Waals surface area contributed by atoms with Crippen molar-refractivity contribution < 1.29 is 0 Å². The molecule has 2 aliphatic heterocycles. The van der Waals surface area contributed by atoms with Crippen LogP contribution in [-0.4, -0.2) is 37.5 Å². The van der Waals surface area contributed by atoms with E-state index in [1.54, 1.807) is 75.3 Å². The molecule has 8 bridgehead atoms. The Bertz CT molecular complexity index is 1140. The first-order valence-electron chi connectivity index (χ1n) is 20.3. The highest BCUT2D eigenvalue weighted by Gasteiger charge is 2.57. The molecule has 2 saturated heterocycles. The average molecular weight is 661 g/mol. The summed E-state index contributed by atoms with van der Waals surface area (Å²) in [5, 5.41) is 7.96. The molecule has 11 rings (SSSR count). The fourth-order valence-corrected chi connectivity index (χ4v) is 19.8. The van der Waals surface area contributed by atoms with Crippen molar-refractivity contribution in [3.8, 4) is 0 Å². The minimum atomic E-state index is -0.0132. The lowest BCUT2D eigenvalue weighted by molar-refractivity contribution is 0.0129. The maximum atomic E-state index is 3.90. The number of hydrogen-bond donors (Lipinski definition) is 2. The first-order valence-corrected chi connectivity index (χ1v) is 22.6. The minimum Gasteiger partial charge on any atom is -0.316 e. The van der Waals surface area contributed by atoms with E-state index in [0.29, 0.717) is 11.8 Å². The molecule has 1 aromatic carbocycles. The van der Waals surface area contributed by atoms with E-state index in [4.69, 9.17) is 0 Å². The predicted octanol–water partition coefficient (Wildman–Crippen LogP) is 9.69. The van der Waals surface area contributed by atoms with E-state index in [-0.39, 0.29) is 18.5 Å². The lowest BCUT2D eigenvalue weighted by atomic mass is 9.55. The van der Waals surface area contributed by atoms with E-state index >= 15 is 0 Å². The maximum absolute atomic E-state index is 3.90. The fraction of sp³-hybridized carbons (Fsp3) is 0.857. The summed E-state index contributed by atoms with van der Waals surface area (Å²) in [6, 6.07) is 8.14. The van der Waals surface area contributed by atoms with Gasteiger partial charge in [0.2, 0.25) is 0 Å². The van der Waals surface area contributed by atoms with Crippen LogP contribution in [0, 0.1) is 59.2 Å². The Balaban J connectivity index is 1.15. The third-order valence-corrected chi connectivity index (χ3v) is 21.0. The van der Waals surface area contributed by atoms with E-state index < -0.39 is 0 Å². The third kappa shape index (κ3) is 5.56. The topological polar surface area (TPSA) is 24.1 Å². The zero-order chi connectivity index (χ0) is 31.2. The lowest BCUT2D eigenvalue weighted by Crippen LogP contribution is -2.53. The van der Waals surface area contributed by atoms with E-state index in [1.807, 2.05) is 5.56 Å². The molecular weight excluding hydrogens is 594 g/mol. The Morgan fingerprint density at radius 1 is 0.674 bits per heavy atom. The fourth-order valence-electron chi connectivity index (χ4n) is 14.4. The highest BCUT2D eigenvalue weighted by molar-refractivity contribution is 7.58. The SMILES string of the molecule is CC(C)(C)c1ccc(CP(C2C3CC4CC(C3)CC2C4)C2C3CC4CC(C3)CC2C4)c(C(P)(C2CCCNC2)C2CCCNC2)c1. The van der Waals surface area contributed by atoms with Crippen LogP contribution < -0.4 is 10.6 Å². The summed E-state index contributed by atoms with van der Waals surface area (Å²) in [7, 11) is 3.67. The molecule has 0 aromatic heterocycles. The summed E-state index contributed by atoms with van der Waals surface area (Å²) in [6.07, 6.45) is 22.9. The average Bonchev–Trinajstić information content (AvgIpc) is 3.04. The summed E-state index contributed by atoms with van der Waals surface area (Å²) >= 11 is 0. The van der Waals surface area contributed by atoms with Gasteiger partial charge in [-0.3, -0.25) is 0 Å². The summed E-state index contributed by atoms with van der Waals surface area (Å²) in [5.74, 6) is 10.1. The van der Waals surface area contributed by atoms with E-state index in [9.17, 15) is 0 Å². The third-order valence-electron chi connectivity index (χ3n) is 15.9. The normalized spacial score (nSPS) is 45.1. The maximum Gasteiger partial charge on any atom is 0.0181 e. The summed E-state index contributed by atoms with van der Waals surface area (Å²) in [5.41, 5.74) is 7.50. The van der Waals surface area contributed by atoms with E-state index in [1.165, 1.54) is 58.0 Å². The molecule has 4 heteroatoms. The number of piperidine rings is 2. The van der Waals surface area contributed by atoms with Gasteiger partial charge in [0.15, 0.2) is 0 Å². The van der Waals surface area contributed by atoms with Gasteiger partial charge in [-0.2, -0.15) is 0 Å². The van der Waals surface area contributed by atoms with Gasteiger partial charge < -0.3 is 10.6 Å². The van der Waals surface area contributed by atoms with Crippen LogP contribution in [0.1, 0.15) is 127 Å². The van der Waals surface area contributed by atoms with Crippen LogP contribution in [0.5, 0.6) is 0 Å². The first-order chi connectivity index (χ1) is 22.2. The molecule has 3 unspecified atom stereocenters. The highest BCUT2D eigenvalue weighted by Crippen LogP contribution is 2.72. The summed E-state index contributed by atoms with van der Waals surface area (Å²) in [6.45, 7) is 12.2. The molecule has 2 heterocycles. The minimum absolute atomic E-state index is 0.0132. The van der Waals surface area contributed by atoms with Crippen LogP contribution in [0.2, 0.25) is 0 Å². The van der Waals surface area contributed by atoms with E-state index in [2.05, 4.69) is 58.8 Å². The predicted molar refractivity (Wildman–Crippen MR) is 200 cm³/mol. The molecule has 1 aromatic rings. The molecule has 0 radical (unpaired) electrons. The Kier molecular flexibility index (Phi) is 8.57. The van der Waals surface area contributed by atoms with Crippen molar-refractivity contribution in [1.29, 1.82) is 0 Å². The van der Waals surface area contributed by atoms with Crippen LogP contribution >= 0.6 is 17.2 Å². The van der Waals surface area contributed by atoms with Gasteiger partial charge in [0.25, 0.3) is 0 Å². The molecule has 2 nitrogen and oxygen atoms in total. The monoisotopic (exact) mass is 660 g/mol. The molecule has 2 N–H and O–H groups in total. The van der Waals surface area contributed by atoms with Crippen LogP contribution in [0.15, 0.2) is 18.2 Å². The van der Waals surface area contributed by atoms with Gasteiger partial charge in [-0.1, -0.05) is 46.9 Å². The smallest absolute Gasteiger partial charge is 0.0181 e. The number of hydrogen-bond acceptors (Lipinski definition) is 2. The molecule has 46 heavy (non-hydrogen) atoms. The molecular formula is C42H66N2P2. The van der Waals surface area contributed by atoms with Gasteiger partial charge >= 0.3 is 0 Å². The van der Waals surface area contributed by atoms with Gasteiger partial charge in [0.1, 0.15) is 0 Å². The molecule has 0 amide bonds. The molecule has 0 spiro atoms. The summed E-state index contributed by atoms with van der Waals surface area (Å²) < 4.78 is 0. The number of rotatable bonds is 7. The Hall–Kier alpha value is -0.0000000000000000555. The van der Waals surface area contributed by atoms with Gasteiger partial charge in [-0.15, -0.1) is 9.24 Å². The summed E-state index contributed by atoms with van der Waals surface area (Å²) in [4.78, 5) is 0. The Morgan fingerprint density at radius 2 is 1.13 bits per heavy atom. The molecule has 254 valence electrons. The Morgan fingerprint density at radius 3 is 1.52 bits per heavy atom. The Labute approximate surface area is 285 Å². The van der Waals surface area contributed by atoms with Crippen molar-refractivity contribution in [2.24, 2.45) is 59.2 Å². The van der Waals surface area contributed by atoms with Crippen molar-refractivity contribution in [3.63, 3.8) is 0 Å². The van der Waals surface area contributed by atoms with Gasteiger partial charge in [0, 0.05) is 5.16 Å². The van der Waals surface area contributed by atoms with Crippen LogP contribution in [-0.2, 0) is 16.7 Å². The molecule has 3 atom stereocenters. The van der Waals surface area contributed by atoms with Crippen LogP contribution in [0.4, 0.5) is 0 Å². The van der Waals surface area contributed by atoms with Crippen molar-refractivity contribution in [3.05, 3.63) is 34.9 Å². The molecule has 8 saturated carbocycles. The van der Waals surface area contributed by atoms with Crippen molar-refractivity contribution in [2.75, 3.05) is 26.2 Å². The zero-order valence-electron chi connectivity index (χ0n) is 29.6. The number of nitrogens with one attached hydrogen (secondary N) is 2. The van der Waals surface area contributed by atoms with Gasteiger partial charge in [-0.05, 0) is 215 Å². The van der Waals surface area contributed by atoms with Crippen molar-refractivity contribution >= 4 is 17.2 Å². The second-order valence-corrected chi connectivity index (χ2v) is 23.1. The van der Waals surface area contributed by atoms with Crippen molar-refractivity contribution in [2.45, 2.75) is 139 Å². The standard InChI is InChI=1S/C42H66N2P2/c1-41(2,3)35-9-8-30(38(22-35)42(45,36-6-4-10-43-23-36)37-7-5-11-44-24-37)25-46(39-31-14-26-12-27(16-31)17-32(39)15-26)40-33-18-28-13-29(20-33)21-34(40)19-28/h8-9,22,26-29,31-34,36-37,39-40,43-44H,4-7,10-21,23-25,45H2,1-3H3. The second-order valence-electron chi connectivity index (χ2n) is 19.7. The number of benzene rings is 1.